The summed E-state index contributed by atoms with van der Waals surface area (Å²) in [5.74, 6) is 0.954. The van der Waals surface area contributed by atoms with Crippen molar-refractivity contribution in [1.82, 2.24) is 24.8 Å². The Morgan fingerprint density at radius 2 is 1.64 bits per heavy atom. The number of terminal acetylenes is 1. The largest absolute Gasteiger partial charge is 0.378 e. The Hall–Kier alpha value is -3.63. The molecule has 4 heterocycles. The molecule has 1 aliphatic rings. The quantitative estimate of drug-likeness (QED) is 0.560. The Bertz CT molecular complexity index is 1060. The molecule has 0 spiro atoms. The zero-order chi connectivity index (χ0) is 19.3. The molecule has 3 aromatic heterocycles. The van der Waals surface area contributed by atoms with Crippen molar-refractivity contribution >= 4 is 11.5 Å². The van der Waals surface area contributed by atoms with Gasteiger partial charge in [-0.1, -0.05) is 24.3 Å². The number of H-pyrrole nitrogens is 1. The first-order valence-corrected chi connectivity index (χ1v) is 8.99. The highest BCUT2D eigenvalue weighted by atomic mass is 16.5. The summed E-state index contributed by atoms with van der Waals surface area (Å²) in [6, 6.07) is 12.4. The number of rotatable bonds is 3. The Balaban J connectivity index is 0.000000932. The number of nitrogens with one attached hydrogen (secondary N) is 1. The van der Waals surface area contributed by atoms with E-state index in [1.54, 1.807) is 0 Å². The number of ether oxygens (including phenoxy) is 1. The minimum atomic E-state index is 0.742. The molecule has 1 N–H and O–H groups in total. The van der Waals surface area contributed by atoms with Crippen molar-refractivity contribution in [2.75, 3.05) is 31.2 Å². The second-order valence-corrected chi connectivity index (χ2v) is 6.27. The van der Waals surface area contributed by atoms with E-state index in [0.29, 0.717) is 0 Å². The summed E-state index contributed by atoms with van der Waals surface area (Å²) in [5, 5.41) is 11.7. The molecule has 140 valence electrons. The number of aromatic amines is 1. The maximum atomic E-state index is 5.43. The lowest BCUT2D eigenvalue weighted by Gasteiger charge is -2.27. The van der Waals surface area contributed by atoms with E-state index in [2.05, 4.69) is 57.2 Å². The number of morpholine rings is 1. The topological polar surface area (TPSA) is 71.3 Å². The average Bonchev–Trinajstić information content (AvgIpc) is 3.46. The lowest BCUT2D eigenvalue weighted by Crippen LogP contribution is -2.37. The van der Waals surface area contributed by atoms with Crippen LogP contribution in [0.1, 0.15) is 0 Å². The van der Waals surface area contributed by atoms with Crippen molar-refractivity contribution < 1.29 is 4.74 Å². The van der Waals surface area contributed by atoms with Crippen LogP contribution in [0, 0.1) is 12.8 Å². The van der Waals surface area contributed by atoms with E-state index in [9.17, 15) is 0 Å². The number of anilines is 1. The van der Waals surface area contributed by atoms with Crippen LogP contribution in [0.3, 0.4) is 0 Å². The van der Waals surface area contributed by atoms with E-state index in [-0.39, 0.29) is 0 Å². The van der Waals surface area contributed by atoms with Crippen LogP contribution >= 0.6 is 0 Å². The fraction of sp³-hybridized carbons (Fsp3) is 0.190. The van der Waals surface area contributed by atoms with Gasteiger partial charge >= 0.3 is 0 Å². The van der Waals surface area contributed by atoms with Gasteiger partial charge in [0.05, 0.1) is 31.3 Å². The number of hydrogen-bond acceptors (Lipinski definition) is 5. The normalized spacial score (nSPS) is 13.9. The minimum Gasteiger partial charge on any atom is -0.378 e. The van der Waals surface area contributed by atoms with Crippen molar-refractivity contribution in [2.45, 2.75) is 0 Å². The number of benzene rings is 1. The Kier molecular flexibility index (Phi) is 5.04. The highest BCUT2D eigenvalue weighted by molar-refractivity contribution is 5.69. The van der Waals surface area contributed by atoms with Gasteiger partial charge in [-0.05, 0) is 17.7 Å². The summed E-state index contributed by atoms with van der Waals surface area (Å²) >= 11 is 0. The summed E-state index contributed by atoms with van der Waals surface area (Å²) in [4.78, 5) is 6.74. The molecular weight excluding hydrogens is 352 g/mol. The van der Waals surface area contributed by atoms with E-state index >= 15 is 0 Å². The second kappa shape index (κ2) is 7.94. The van der Waals surface area contributed by atoms with Gasteiger partial charge in [0, 0.05) is 30.4 Å². The van der Waals surface area contributed by atoms with Crippen LogP contribution < -0.4 is 4.90 Å². The van der Waals surface area contributed by atoms with Gasteiger partial charge in [0.25, 0.3) is 0 Å². The molecule has 0 aliphatic carbocycles. The van der Waals surface area contributed by atoms with Crippen molar-refractivity contribution in [3.8, 4) is 35.2 Å². The van der Waals surface area contributed by atoms with Crippen LogP contribution in [0.5, 0.6) is 0 Å². The molecule has 1 aliphatic heterocycles. The molecule has 4 aromatic rings. The average molecular weight is 372 g/mol. The number of hydrogen-bond donors (Lipinski definition) is 1. The molecule has 0 unspecified atom stereocenters. The van der Waals surface area contributed by atoms with Crippen LogP contribution in [0.4, 0.5) is 5.82 Å². The first kappa shape index (κ1) is 17.8. The van der Waals surface area contributed by atoms with Crippen molar-refractivity contribution in [1.29, 1.82) is 0 Å². The molecule has 28 heavy (non-hydrogen) atoms. The predicted octanol–water partition coefficient (Wildman–Crippen LogP) is 2.87. The smallest absolute Gasteiger partial charge is 0.154 e. The predicted molar refractivity (Wildman–Crippen MR) is 109 cm³/mol. The molecule has 7 nitrogen and oxygen atoms in total. The highest BCUT2D eigenvalue weighted by Gasteiger charge is 2.15. The Morgan fingerprint density at radius 1 is 0.893 bits per heavy atom. The first-order chi connectivity index (χ1) is 13.9. The molecule has 7 heteroatoms. The summed E-state index contributed by atoms with van der Waals surface area (Å²) in [7, 11) is 0. The van der Waals surface area contributed by atoms with Gasteiger partial charge < -0.3 is 9.64 Å². The number of aromatic nitrogens is 5. The van der Waals surface area contributed by atoms with Gasteiger partial charge in [-0.25, -0.2) is 9.50 Å². The van der Waals surface area contributed by atoms with E-state index in [0.717, 1.165) is 60.2 Å². The third-order valence-corrected chi connectivity index (χ3v) is 4.70. The van der Waals surface area contributed by atoms with E-state index in [1.165, 1.54) is 0 Å². The van der Waals surface area contributed by atoms with E-state index < -0.39 is 0 Å². The molecule has 0 amide bonds. The highest BCUT2D eigenvalue weighted by Crippen LogP contribution is 2.25. The SMILES string of the molecule is C#C.c1cc(-c2cnc3ccc(N4CCOCC4)nn23)ccc1-c1cn[nH]c1. The van der Waals surface area contributed by atoms with Crippen molar-refractivity contribution in [2.24, 2.45) is 0 Å². The number of fused-ring (bicyclic) bond motifs is 1. The standard InChI is InChI=1S/C19H18N6O.C2H2/c1-3-15(4-2-14(1)16-11-21-22-12-16)17-13-20-18-5-6-19(23-25(17)18)24-7-9-26-10-8-24;1-2/h1-6,11-13H,7-10H2,(H,21,22);1-2H. The third kappa shape index (κ3) is 3.33. The zero-order valence-corrected chi connectivity index (χ0v) is 15.3. The van der Waals surface area contributed by atoms with Gasteiger partial charge in [-0.2, -0.15) is 5.10 Å². The molecule has 5 rings (SSSR count). The molecule has 0 saturated carbocycles. The zero-order valence-electron chi connectivity index (χ0n) is 15.3. The number of nitrogens with zero attached hydrogens (tertiary/aromatic N) is 5. The van der Waals surface area contributed by atoms with Gasteiger partial charge in [0.15, 0.2) is 5.65 Å². The summed E-state index contributed by atoms with van der Waals surface area (Å²) in [6.45, 7) is 3.21. The lowest BCUT2D eigenvalue weighted by atomic mass is 10.1. The van der Waals surface area contributed by atoms with Gasteiger partial charge in [-0.15, -0.1) is 17.9 Å². The number of imidazole rings is 1. The van der Waals surface area contributed by atoms with Gasteiger partial charge in [0.1, 0.15) is 5.82 Å². The van der Waals surface area contributed by atoms with E-state index in [1.807, 2.05) is 35.2 Å². The van der Waals surface area contributed by atoms with Gasteiger partial charge in [-0.3, -0.25) is 5.10 Å². The molecular formula is C21H20N6O. The van der Waals surface area contributed by atoms with Crippen molar-refractivity contribution in [3.63, 3.8) is 0 Å². The van der Waals surface area contributed by atoms with Crippen LogP contribution in [-0.2, 0) is 4.74 Å². The van der Waals surface area contributed by atoms with E-state index in [4.69, 9.17) is 9.84 Å². The Labute approximate surface area is 163 Å². The van der Waals surface area contributed by atoms with Crippen LogP contribution in [0.2, 0.25) is 0 Å². The van der Waals surface area contributed by atoms with Crippen LogP contribution in [-0.4, -0.2) is 51.1 Å². The second-order valence-electron chi connectivity index (χ2n) is 6.27. The van der Waals surface area contributed by atoms with Gasteiger partial charge in [0.2, 0.25) is 0 Å². The third-order valence-electron chi connectivity index (χ3n) is 4.70. The van der Waals surface area contributed by atoms with Crippen LogP contribution in [0.25, 0.3) is 28.0 Å². The van der Waals surface area contributed by atoms with Crippen molar-refractivity contribution in [3.05, 3.63) is 55.0 Å². The summed E-state index contributed by atoms with van der Waals surface area (Å²) in [6.07, 6.45) is 13.6. The summed E-state index contributed by atoms with van der Waals surface area (Å²) < 4.78 is 7.35. The maximum absolute atomic E-state index is 5.43. The molecule has 1 fully saturated rings. The molecule has 0 atom stereocenters. The summed E-state index contributed by atoms with van der Waals surface area (Å²) in [5.41, 5.74) is 5.10. The first-order valence-electron chi connectivity index (χ1n) is 8.99. The molecule has 0 bridgehead atoms. The van der Waals surface area contributed by atoms with Crippen LogP contribution in [0.15, 0.2) is 55.0 Å². The maximum Gasteiger partial charge on any atom is 0.154 e. The molecule has 0 radical (unpaired) electrons. The lowest BCUT2D eigenvalue weighted by molar-refractivity contribution is 0.122. The minimum absolute atomic E-state index is 0.742. The molecule has 1 saturated heterocycles. The fourth-order valence-corrected chi connectivity index (χ4v) is 3.26. The fourth-order valence-electron chi connectivity index (χ4n) is 3.26. The molecule has 1 aromatic carbocycles. The Morgan fingerprint density at radius 3 is 2.36 bits per heavy atom. The monoisotopic (exact) mass is 372 g/mol.